The van der Waals surface area contributed by atoms with E-state index in [9.17, 15) is 4.79 Å². The number of nitrogens with zero attached hydrogens (tertiary/aromatic N) is 2. The molecule has 5 nitrogen and oxygen atoms in total. The molecule has 0 aliphatic rings. The molecule has 0 fully saturated rings. The number of aromatic nitrogens is 2. The summed E-state index contributed by atoms with van der Waals surface area (Å²) in [6, 6.07) is 23.9. The molecule has 4 rings (SSSR count). The molecule has 32 heavy (non-hydrogen) atoms. The molecule has 0 atom stereocenters. The first-order chi connectivity index (χ1) is 15.6. The van der Waals surface area contributed by atoms with Gasteiger partial charge >= 0.3 is 0 Å². The van der Waals surface area contributed by atoms with Gasteiger partial charge in [-0.25, -0.2) is 4.98 Å². The Morgan fingerprint density at radius 3 is 2.59 bits per heavy atom. The molecule has 0 bridgehead atoms. The summed E-state index contributed by atoms with van der Waals surface area (Å²) in [5.41, 5.74) is 4.13. The summed E-state index contributed by atoms with van der Waals surface area (Å²) in [5, 5.41) is 3.54. The highest BCUT2D eigenvalue weighted by molar-refractivity contribution is 6.31. The minimum absolute atomic E-state index is 0.0627. The first-order valence-electron chi connectivity index (χ1n) is 10.7. The summed E-state index contributed by atoms with van der Waals surface area (Å²) in [6.45, 7) is 1.18. The maximum atomic E-state index is 12.5. The molecular formula is C26H26ClN3O2. The van der Waals surface area contributed by atoms with Gasteiger partial charge < -0.3 is 14.6 Å². The van der Waals surface area contributed by atoms with E-state index in [1.54, 1.807) is 13.2 Å². The standard InChI is InChI=1S/C26H26ClN3O2/c1-32-21-13-12-20(22(27)18-21)17-26(31)28-15-16-30-24-10-6-5-9-23(24)29-25(30)14-11-19-7-3-2-4-8-19/h2-10,12-13,18H,11,14-17H2,1H3,(H,28,31). The Bertz CT molecular complexity index is 1200. The van der Waals surface area contributed by atoms with Crippen LogP contribution in [0.1, 0.15) is 17.0 Å². The third-order valence-corrected chi connectivity index (χ3v) is 5.83. The Morgan fingerprint density at radius 2 is 1.81 bits per heavy atom. The molecule has 0 spiro atoms. The number of hydrogen-bond donors (Lipinski definition) is 1. The average molecular weight is 448 g/mol. The minimum Gasteiger partial charge on any atom is -0.497 e. The topological polar surface area (TPSA) is 56.1 Å². The number of benzene rings is 3. The molecule has 0 radical (unpaired) electrons. The quantitative estimate of drug-likeness (QED) is 0.399. The molecule has 0 saturated carbocycles. The summed E-state index contributed by atoms with van der Waals surface area (Å²) in [6.07, 6.45) is 1.99. The van der Waals surface area contributed by atoms with Gasteiger partial charge in [-0.15, -0.1) is 0 Å². The van der Waals surface area contributed by atoms with Gasteiger partial charge in [0.25, 0.3) is 0 Å². The zero-order chi connectivity index (χ0) is 22.3. The van der Waals surface area contributed by atoms with E-state index in [2.05, 4.69) is 40.2 Å². The minimum atomic E-state index is -0.0627. The van der Waals surface area contributed by atoms with Crippen LogP contribution in [0.2, 0.25) is 5.02 Å². The number of ether oxygens (including phenoxy) is 1. The zero-order valence-corrected chi connectivity index (χ0v) is 18.8. The molecule has 1 heterocycles. The van der Waals surface area contributed by atoms with Gasteiger partial charge in [0.2, 0.25) is 5.91 Å². The van der Waals surface area contributed by atoms with Crippen LogP contribution in [-0.4, -0.2) is 29.1 Å². The number of fused-ring (bicyclic) bond motifs is 1. The van der Waals surface area contributed by atoms with E-state index in [1.165, 1.54) is 5.56 Å². The largest absolute Gasteiger partial charge is 0.497 e. The predicted octanol–water partition coefficient (Wildman–Crippen LogP) is 4.84. The van der Waals surface area contributed by atoms with E-state index in [1.807, 2.05) is 36.4 Å². The lowest BCUT2D eigenvalue weighted by molar-refractivity contribution is -0.120. The van der Waals surface area contributed by atoms with Crippen LogP contribution in [-0.2, 0) is 30.6 Å². The van der Waals surface area contributed by atoms with Gasteiger partial charge in [0.05, 0.1) is 24.6 Å². The summed E-state index contributed by atoms with van der Waals surface area (Å²) in [5.74, 6) is 1.64. The summed E-state index contributed by atoms with van der Waals surface area (Å²) in [4.78, 5) is 17.3. The number of carbonyl (C=O) groups excluding carboxylic acids is 1. The first kappa shape index (κ1) is 21.9. The number of carbonyl (C=O) groups is 1. The second-order valence-electron chi connectivity index (χ2n) is 7.64. The van der Waals surface area contributed by atoms with E-state index < -0.39 is 0 Å². The number of hydrogen-bond acceptors (Lipinski definition) is 3. The van der Waals surface area contributed by atoms with E-state index in [4.69, 9.17) is 21.3 Å². The molecule has 1 N–H and O–H groups in total. The fourth-order valence-corrected chi connectivity index (χ4v) is 4.04. The Morgan fingerprint density at radius 1 is 1.03 bits per heavy atom. The number of para-hydroxylation sites is 2. The maximum absolute atomic E-state index is 12.5. The monoisotopic (exact) mass is 447 g/mol. The van der Waals surface area contributed by atoms with Crippen LogP contribution in [0.5, 0.6) is 5.75 Å². The molecule has 0 unspecified atom stereocenters. The molecule has 0 aliphatic carbocycles. The summed E-state index contributed by atoms with van der Waals surface area (Å²) in [7, 11) is 1.59. The van der Waals surface area contributed by atoms with Crippen molar-refractivity contribution in [3.8, 4) is 5.75 Å². The third-order valence-electron chi connectivity index (χ3n) is 5.48. The number of amides is 1. The molecule has 164 valence electrons. The molecule has 6 heteroatoms. The maximum Gasteiger partial charge on any atom is 0.224 e. The molecule has 1 aromatic heterocycles. The number of methoxy groups -OCH3 is 1. The van der Waals surface area contributed by atoms with Gasteiger partial charge in [-0.2, -0.15) is 0 Å². The Kier molecular flexibility index (Phi) is 7.07. The van der Waals surface area contributed by atoms with Crippen molar-refractivity contribution >= 4 is 28.5 Å². The van der Waals surface area contributed by atoms with Crippen molar-refractivity contribution in [3.05, 3.63) is 94.8 Å². The number of imidazole rings is 1. The fourth-order valence-electron chi connectivity index (χ4n) is 3.81. The van der Waals surface area contributed by atoms with E-state index in [-0.39, 0.29) is 12.3 Å². The van der Waals surface area contributed by atoms with Crippen LogP contribution in [0, 0.1) is 0 Å². The van der Waals surface area contributed by atoms with Crippen molar-refractivity contribution in [2.24, 2.45) is 0 Å². The molecule has 1 amide bonds. The van der Waals surface area contributed by atoms with Crippen LogP contribution in [0.15, 0.2) is 72.8 Å². The second-order valence-corrected chi connectivity index (χ2v) is 8.05. The van der Waals surface area contributed by atoms with Crippen molar-refractivity contribution in [1.29, 1.82) is 0 Å². The van der Waals surface area contributed by atoms with Crippen LogP contribution in [0.25, 0.3) is 11.0 Å². The fraction of sp³-hybridized carbons (Fsp3) is 0.231. The molecule has 0 saturated heterocycles. The molecule has 0 aliphatic heterocycles. The van der Waals surface area contributed by atoms with Crippen LogP contribution >= 0.6 is 11.6 Å². The predicted molar refractivity (Wildman–Crippen MR) is 128 cm³/mol. The van der Waals surface area contributed by atoms with Crippen LogP contribution < -0.4 is 10.1 Å². The smallest absolute Gasteiger partial charge is 0.224 e. The van der Waals surface area contributed by atoms with Crippen molar-refractivity contribution in [1.82, 2.24) is 14.9 Å². The molecule has 4 aromatic rings. The van der Waals surface area contributed by atoms with Gasteiger partial charge in [-0.3, -0.25) is 4.79 Å². The lowest BCUT2D eigenvalue weighted by Crippen LogP contribution is -2.29. The van der Waals surface area contributed by atoms with Crippen molar-refractivity contribution < 1.29 is 9.53 Å². The summed E-state index contributed by atoms with van der Waals surface area (Å²) >= 11 is 6.27. The normalized spacial score (nSPS) is 10.9. The van der Waals surface area contributed by atoms with Gasteiger partial charge in [-0.1, -0.05) is 60.1 Å². The second kappa shape index (κ2) is 10.3. The summed E-state index contributed by atoms with van der Waals surface area (Å²) < 4.78 is 7.37. The number of halogens is 1. The van der Waals surface area contributed by atoms with E-state index in [0.29, 0.717) is 23.9 Å². The Balaban J connectivity index is 1.40. The van der Waals surface area contributed by atoms with Crippen molar-refractivity contribution in [2.75, 3.05) is 13.7 Å². The average Bonchev–Trinajstić information content (AvgIpc) is 3.17. The van der Waals surface area contributed by atoms with Gasteiger partial charge in [-0.05, 0) is 41.8 Å². The van der Waals surface area contributed by atoms with E-state index >= 15 is 0 Å². The van der Waals surface area contributed by atoms with Gasteiger partial charge in [0.15, 0.2) is 0 Å². The third kappa shape index (κ3) is 5.29. The lowest BCUT2D eigenvalue weighted by Gasteiger charge is -2.11. The SMILES string of the molecule is COc1ccc(CC(=O)NCCn2c(CCc3ccccc3)nc3ccccc32)c(Cl)c1. The lowest BCUT2D eigenvalue weighted by atomic mass is 10.1. The highest BCUT2D eigenvalue weighted by atomic mass is 35.5. The van der Waals surface area contributed by atoms with Crippen molar-refractivity contribution in [3.63, 3.8) is 0 Å². The molecular weight excluding hydrogens is 422 g/mol. The van der Waals surface area contributed by atoms with Crippen LogP contribution in [0.4, 0.5) is 0 Å². The number of rotatable bonds is 9. The number of aryl methyl sites for hydroxylation is 2. The van der Waals surface area contributed by atoms with Gasteiger partial charge in [0, 0.05) is 24.5 Å². The Labute approximate surface area is 193 Å². The highest BCUT2D eigenvalue weighted by Gasteiger charge is 2.12. The van der Waals surface area contributed by atoms with Crippen molar-refractivity contribution in [2.45, 2.75) is 25.8 Å². The van der Waals surface area contributed by atoms with E-state index in [0.717, 1.165) is 35.3 Å². The van der Waals surface area contributed by atoms with Gasteiger partial charge in [0.1, 0.15) is 11.6 Å². The first-order valence-corrected chi connectivity index (χ1v) is 11.1. The molecule has 3 aromatic carbocycles. The zero-order valence-electron chi connectivity index (χ0n) is 18.1. The Hall–Kier alpha value is -3.31. The number of nitrogens with one attached hydrogen (secondary N) is 1. The highest BCUT2D eigenvalue weighted by Crippen LogP contribution is 2.23. The van der Waals surface area contributed by atoms with Crippen LogP contribution in [0.3, 0.4) is 0 Å².